The van der Waals surface area contributed by atoms with E-state index in [0.717, 1.165) is 6.42 Å². The van der Waals surface area contributed by atoms with Crippen LogP contribution < -0.4 is 5.32 Å². The normalized spacial score (nSPS) is 9.64. The Bertz CT molecular complexity index is 223. The molecule has 1 nitrogen and oxygen atoms in total. The second-order valence-electron chi connectivity index (χ2n) is 2.35. The van der Waals surface area contributed by atoms with Gasteiger partial charge in [-0.25, -0.2) is 0 Å². The molecule has 0 unspecified atom stereocenters. The number of alkyl halides is 1. The summed E-state index contributed by atoms with van der Waals surface area (Å²) in [6, 6.07) is 8.43. The van der Waals surface area contributed by atoms with Crippen LogP contribution in [-0.4, -0.2) is 11.5 Å². The Hall–Kier alpha value is -0.250. The molecule has 0 saturated heterocycles. The third kappa shape index (κ3) is 2.36. The molecule has 1 N–H and O–H groups in total. The molecular formula is C9H12IN. The third-order valence-corrected chi connectivity index (χ3v) is 2.19. The second kappa shape index (κ2) is 4.59. The molecule has 0 spiro atoms. The van der Waals surface area contributed by atoms with Crippen LogP contribution in [0.2, 0.25) is 0 Å². The Morgan fingerprint density at radius 1 is 1.36 bits per heavy atom. The van der Waals surface area contributed by atoms with Crippen LogP contribution in [0.5, 0.6) is 0 Å². The van der Waals surface area contributed by atoms with E-state index in [-0.39, 0.29) is 0 Å². The molecule has 0 radical (unpaired) electrons. The standard InChI is InChI=1S/C9H12IN/c1-11-9-5-3-2-4-8(9)6-7-10/h2-5,11H,6-7H2,1H3. The smallest absolute Gasteiger partial charge is 0.0370 e. The number of halogens is 1. The van der Waals surface area contributed by atoms with E-state index in [4.69, 9.17) is 0 Å². The molecule has 0 aliphatic rings. The Kier molecular flexibility index (Phi) is 3.69. The van der Waals surface area contributed by atoms with Gasteiger partial charge in [-0.15, -0.1) is 0 Å². The van der Waals surface area contributed by atoms with E-state index in [1.165, 1.54) is 15.7 Å². The van der Waals surface area contributed by atoms with Crippen molar-refractivity contribution in [1.82, 2.24) is 0 Å². The molecule has 60 valence electrons. The largest absolute Gasteiger partial charge is 0.388 e. The molecule has 0 aliphatic heterocycles. The highest BCUT2D eigenvalue weighted by molar-refractivity contribution is 14.1. The minimum Gasteiger partial charge on any atom is -0.388 e. The topological polar surface area (TPSA) is 12.0 Å². The zero-order chi connectivity index (χ0) is 8.10. The van der Waals surface area contributed by atoms with Gasteiger partial charge >= 0.3 is 0 Å². The lowest BCUT2D eigenvalue weighted by atomic mass is 10.1. The Morgan fingerprint density at radius 2 is 2.09 bits per heavy atom. The average Bonchev–Trinajstić information content (AvgIpc) is 2.06. The summed E-state index contributed by atoms with van der Waals surface area (Å²) in [5, 5.41) is 3.18. The Morgan fingerprint density at radius 3 is 2.73 bits per heavy atom. The Labute approximate surface area is 81.3 Å². The maximum Gasteiger partial charge on any atom is 0.0370 e. The van der Waals surface area contributed by atoms with Crippen LogP contribution in [0.1, 0.15) is 5.56 Å². The summed E-state index contributed by atoms with van der Waals surface area (Å²) < 4.78 is 1.18. The molecule has 1 aromatic carbocycles. The monoisotopic (exact) mass is 261 g/mol. The van der Waals surface area contributed by atoms with Crippen LogP contribution in [-0.2, 0) is 6.42 Å². The molecule has 1 rings (SSSR count). The maximum absolute atomic E-state index is 3.18. The first-order valence-corrected chi connectivity index (χ1v) is 5.22. The van der Waals surface area contributed by atoms with Crippen molar-refractivity contribution < 1.29 is 0 Å². The first-order valence-electron chi connectivity index (χ1n) is 3.70. The van der Waals surface area contributed by atoms with E-state index in [1.54, 1.807) is 0 Å². The van der Waals surface area contributed by atoms with Gasteiger partial charge in [-0.05, 0) is 18.1 Å². The van der Waals surface area contributed by atoms with Crippen molar-refractivity contribution in [2.75, 3.05) is 16.8 Å². The zero-order valence-electron chi connectivity index (χ0n) is 6.60. The van der Waals surface area contributed by atoms with Crippen LogP contribution in [0.4, 0.5) is 5.69 Å². The predicted octanol–water partition coefficient (Wildman–Crippen LogP) is 2.71. The molecule has 11 heavy (non-hydrogen) atoms. The number of hydrogen-bond acceptors (Lipinski definition) is 1. The van der Waals surface area contributed by atoms with Gasteiger partial charge in [-0.2, -0.15) is 0 Å². The summed E-state index contributed by atoms with van der Waals surface area (Å²) in [5.74, 6) is 0. The minimum absolute atomic E-state index is 1.15. The highest BCUT2D eigenvalue weighted by Gasteiger charge is 1.96. The van der Waals surface area contributed by atoms with E-state index in [9.17, 15) is 0 Å². The van der Waals surface area contributed by atoms with E-state index >= 15 is 0 Å². The highest BCUT2D eigenvalue weighted by Crippen LogP contribution is 2.15. The van der Waals surface area contributed by atoms with Gasteiger partial charge in [0.1, 0.15) is 0 Å². The number of nitrogens with one attached hydrogen (secondary N) is 1. The van der Waals surface area contributed by atoms with Gasteiger partial charge in [0.05, 0.1) is 0 Å². The predicted molar refractivity (Wildman–Crippen MR) is 58.6 cm³/mol. The lowest BCUT2D eigenvalue weighted by molar-refractivity contribution is 1.18. The molecule has 0 amide bonds. The lowest BCUT2D eigenvalue weighted by Gasteiger charge is -2.05. The highest BCUT2D eigenvalue weighted by atomic mass is 127. The van der Waals surface area contributed by atoms with Gasteiger partial charge < -0.3 is 5.32 Å². The fraction of sp³-hybridized carbons (Fsp3) is 0.333. The number of hydrogen-bond donors (Lipinski definition) is 1. The molecular weight excluding hydrogens is 249 g/mol. The molecule has 0 bridgehead atoms. The third-order valence-electron chi connectivity index (χ3n) is 1.65. The first-order chi connectivity index (χ1) is 5.38. The van der Waals surface area contributed by atoms with E-state index < -0.39 is 0 Å². The number of anilines is 1. The van der Waals surface area contributed by atoms with Crippen LogP contribution in [0.3, 0.4) is 0 Å². The SMILES string of the molecule is CNc1ccccc1CCI. The van der Waals surface area contributed by atoms with Crippen molar-refractivity contribution in [2.24, 2.45) is 0 Å². The van der Waals surface area contributed by atoms with Crippen LogP contribution in [0.15, 0.2) is 24.3 Å². The van der Waals surface area contributed by atoms with E-state index in [1.807, 2.05) is 7.05 Å². The molecule has 0 saturated carbocycles. The van der Waals surface area contributed by atoms with Crippen molar-refractivity contribution in [3.63, 3.8) is 0 Å². The van der Waals surface area contributed by atoms with Crippen molar-refractivity contribution in [2.45, 2.75) is 6.42 Å². The van der Waals surface area contributed by atoms with Gasteiger partial charge in [0.25, 0.3) is 0 Å². The molecule has 0 atom stereocenters. The summed E-state index contributed by atoms with van der Waals surface area (Å²) in [4.78, 5) is 0. The number of para-hydroxylation sites is 1. The van der Waals surface area contributed by atoms with Gasteiger partial charge in [0.2, 0.25) is 0 Å². The van der Waals surface area contributed by atoms with E-state index in [2.05, 4.69) is 52.2 Å². The summed E-state index contributed by atoms with van der Waals surface area (Å²) in [6.45, 7) is 0. The first kappa shape index (κ1) is 8.84. The van der Waals surface area contributed by atoms with Crippen LogP contribution in [0, 0.1) is 0 Å². The van der Waals surface area contributed by atoms with Crippen molar-refractivity contribution in [1.29, 1.82) is 0 Å². The fourth-order valence-electron chi connectivity index (χ4n) is 1.08. The number of benzene rings is 1. The summed E-state index contributed by atoms with van der Waals surface area (Å²) >= 11 is 2.40. The average molecular weight is 261 g/mol. The molecule has 1 aromatic rings. The van der Waals surface area contributed by atoms with Gasteiger partial charge in [-0.1, -0.05) is 40.8 Å². The summed E-state index contributed by atoms with van der Waals surface area (Å²) in [6.07, 6.45) is 1.15. The molecule has 2 heteroatoms. The number of aryl methyl sites for hydroxylation is 1. The van der Waals surface area contributed by atoms with Gasteiger partial charge in [0, 0.05) is 17.2 Å². The fourth-order valence-corrected chi connectivity index (χ4v) is 1.67. The molecule has 0 fully saturated rings. The van der Waals surface area contributed by atoms with Crippen molar-refractivity contribution >= 4 is 28.3 Å². The minimum atomic E-state index is 1.15. The van der Waals surface area contributed by atoms with E-state index in [0.29, 0.717) is 0 Å². The summed E-state index contributed by atoms with van der Waals surface area (Å²) in [5.41, 5.74) is 2.66. The quantitative estimate of drug-likeness (QED) is 0.651. The van der Waals surface area contributed by atoms with Gasteiger partial charge in [0.15, 0.2) is 0 Å². The van der Waals surface area contributed by atoms with Crippen molar-refractivity contribution in [3.8, 4) is 0 Å². The maximum atomic E-state index is 3.18. The number of rotatable bonds is 3. The van der Waals surface area contributed by atoms with Crippen LogP contribution >= 0.6 is 22.6 Å². The van der Waals surface area contributed by atoms with Crippen LogP contribution in [0.25, 0.3) is 0 Å². The lowest BCUT2D eigenvalue weighted by Crippen LogP contribution is -1.95. The summed E-state index contributed by atoms with van der Waals surface area (Å²) in [7, 11) is 1.96. The second-order valence-corrected chi connectivity index (χ2v) is 3.42. The zero-order valence-corrected chi connectivity index (χ0v) is 8.76. The Balaban J connectivity index is 2.83. The molecule has 0 heterocycles. The molecule has 0 aliphatic carbocycles. The van der Waals surface area contributed by atoms with Gasteiger partial charge in [-0.3, -0.25) is 0 Å². The molecule has 0 aromatic heterocycles. The van der Waals surface area contributed by atoms with Crippen molar-refractivity contribution in [3.05, 3.63) is 29.8 Å².